The maximum Gasteiger partial charge on any atom is 0.276 e. The minimum atomic E-state index is -0.0872. The molecule has 4 rings (SSSR count). The Balaban J connectivity index is 1.39. The second-order valence-electron chi connectivity index (χ2n) is 8.18. The van der Waals surface area contributed by atoms with Crippen molar-refractivity contribution in [1.82, 2.24) is 15.0 Å². The van der Waals surface area contributed by atoms with Crippen molar-refractivity contribution in [1.29, 1.82) is 0 Å². The first-order valence-electron chi connectivity index (χ1n) is 10.7. The maximum absolute atomic E-state index is 13.2. The number of hydrogen-bond donors (Lipinski definition) is 0. The van der Waals surface area contributed by atoms with E-state index in [-0.39, 0.29) is 12.5 Å². The van der Waals surface area contributed by atoms with Crippen LogP contribution < -0.4 is 4.74 Å². The van der Waals surface area contributed by atoms with Crippen LogP contribution in [0.5, 0.6) is 5.75 Å². The highest BCUT2D eigenvalue weighted by atomic mass is 16.5. The van der Waals surface area contributed by atoms with Crippen molar-refractivity contribution in [2.24, 2.45) is 0 Å². The van der Waals surface area contributed by atoms with Gasteiger partial charge in [-0.15, -0.1) is 0 Å². The molecule has 0 N–H and O–H groups in total. The quantitative estimate of drug-likeness (QED) is 0.601. The Hall–Kier alpha value is -3.12. The predicted molar refractivity (Wildman–Crippen MR) is 119 cm³/mol. The zero-order chi connectivity index (χ0) is 21.8. The lowest BCUT2D eigenvalue weighted by molar-refractivity contribution is 0.0616. The number of aromatic nitrogens is 1. The number of carbonyl (C=O) groups is 1. The van der Waals surface area contributed by atoms with Gasteiger partial charge in [0.25, 0.3) is 5.91 Å². The second kappa shape index (κ2) is 9.35. The summed E-state index contributed by atoms with van der Waals surface area (Å²) < 4.78 is 11.4. The normalized spacial score (nSPS) is 14.6. The van der Waals surface area contributed by atoms with Crippen molar-refractivity contribution in [3.63, 3.8) is 0 Å². The number of aryl methyl sites for hydroxylation is 3. The van der Waals surface area contributed by atoms with Crippen LogP contribution in [-0.2, 0) is 13.2 Å². The molecule has 1 aliphatic heterocycles. The molecule has 0 radical (unpaired) electrons. The molecule has 31 heavy (non-hydrogen) atoms. The van der Waals surface area contributed by atoms with Gasteiger partial charge < -0.3 is 14.2 Å². The molecule has 6 heteroatoms. The van der Waals surface area contributed by atoms with Crippen molar-refractivity contribution < 1.29 is 14.1 Å². The van der Waals surface area contributed by atoms with E-state index in [4.69, 9.17) is 9.26 Å². The Bertz CT molecular complexity index is 1040. The van der Waals surface area contributed by atoms with Gasteiger partial charge in [0.1, 0.15) is 18.1 Å². The van der Waals surface area contributed by atoms with Crippen LogP contribution in [0.15, 0.2) is 53.1 Å². The van der Waals surface area contributed by atoms with Gasteiger partial charge in [0.2, 0.25) is 0 Å². The number of piperazine rings is 1. The van der Waals surface area contributed by atoms with Gasteiger partial charge in [0.05, 0.1) is 5.56 Å². The van der Waals surface area contributed by atoms with Crippen LogP contribution in [0.2, 0.25) is 0 Å². The summed E-state index contributed by atoms with van der Waals surface area (Å²) >= 11 is 0. The summed E-state index contributed by atoms with van der Waals surface area (Å²) in [7, 11) is 0. The lowest BCUT2D eigenvalue weighted by atomic mass is 10.1. The first-order valence-corrected chi connectivity index (χ1v) is 10.7. The molecule has 2 aromatic carbocycles. The molecule has 2 heterocycles. The summed E-state index contributed by atoms with van der Waals surface area (Å²) in [4.78, 5) is 17.4. The zero-order valence-corrected chi connectivity index (χ0v) is 18.4. The first-order chi connectivity index (χ1) is 15.0. The summed E-state index contributed by atoms with van der Waals surface area (Å²) in [6, 6.07) is 16.5. The fourth-order valence-corrected chi connectivity index (χ4v) is 3.84. The fraction of sp³-hybridized carbons (Fsp3) is 0.360. The van der Waals surface area contributed by atoms with E-state index in [1.807, 2.05) is 43.9 Å². The van der Waals surface area contributed by atoms with Crippen molar-refractivity contribution in [2.45, 2.75) is 33.9 Å². The Kier molecular flexibility index (Phi) is 6.37. The van der Waals surface area contributed by atoms with Gasteiger partial charge in [-0.2, -0.15) is 0 Å². The molecule has 0 atom stereocenters. The smallest absolute Gasteiger partial charge is 0.276 e. The molecule has 0 saturated carbocycles. The number of rotatable bonds is 6. The number of nitrogens with zero attached hydrogens (tertiary/aromatic N) is 3. The summed E-state index contributed by atoms with van der Waals surface area (Å²) in [6.45, 7) is 10.1. The third-order valence-electron chi connectivity index (χ3n) is 5.81. The molecule has 1 aliphatic rings. The van der Waals surface area contributed by atoms with Gasteiger partial charge in [-0.05, 0) is 43.5 Å². The Morgan fingerprint density at radius 2 is 1.77 bits per heavy atom. The lowest BCUT2D eigenvalue weighted by Gasteiger charge is -2.34. The van der Waals surface area contributed by atoms with E-state index < -0.39 is 0 Å². The molecule has 0 aliphatic carbocycles. The predicted octanol–water partition coefficient (Wildman–Crippen LogP) is 4.14. The molecule has 162 valence electrons. The average Bonchev–Trinajstić information content (AvgIpc) is 3.15. The highest BCUT2D eigenvalue weighted by Gasteiger charge is 2.28. The number of benzene rings is 2. The van der Waals surface area contributed by atoms with Crippen LogP contribution in [0, 0.1) is 20.8 Å². The highest BCUT2D eigenvalue weighted by Crippen LogP contribution is 2.23. The monoisotopic (exact) mass is 419 g/mol. The van der Waals surface area contributed by atoms with E-state index in [0.29, 0.717) is 24.5 Å². The van der Waals surface area contributed by atoms with Crippen LogP contribution in [0.3, 0.4) is 0 Å². The largest absolute Gasteiger partial charge is 0.488 e. The van der Waals surface area contributed by atoms with Crippen molar-refractivity contribution in [3.05, 3.63) is 82.2 Å². The molecule has 3 aromatic rings. The van der Waals surface area contributed by atoms with Crippen molar-refractivity contribution in [2.75, 3.05) is 26.2 Å². The fourth-order valence-electron chi connectivity index (χ4n) is 3.84. The first kappa shape index (κ1) is 21.1. The standard InChI is InChI=1S/C25H29N3O3/c1-18-9-10-19(2)23(15-18)30-17-22-20(3)31-26-24(22)25(29)28-13-11-27(12-14-28)16-21-7-5-4-6-8-21/h4-10,15H,11-14,16-17H2,1-3H3. The molecule has 1 fully saturated rings. The summed E-state index contributed by atoms with van der Waals surface area (Å²) in [5, 5.41) is 4.07. The number of amides is 1. The maximum atomic E-state index is 13.2. The van der Waals surface area contributed by atoms with Gasteiger partial charge in [-0.1, -0.05) is 47.6 Å². The van der Waals surface area contributed by atoms with Gasteiger partial charge in [0.15, 0.2) is 5.69 Å². The number of hydrogen-bond acceptors (Lipinski definition) is 5. The summed E-state index contributed by atoms with van der Waals surface area (Å²) in [5.74, 6) is 1.35. The molecule has 0 spiro atoms. The van der Waals surface area contributed by atoms with Crippen molar-refractivity contribution >= 4 is 5.91 Å². The third kappa shape index (κ3) is 4.97. The van der Waals surface area contributed by atoms with E-state index >= 15 is 0 Å². The van der Waals surface area contributed by atoms with Gasteiger partial charge in [-0.25, -0.2) is 0 Å². The molecule has 1 amide bonds. The summed E-state index contributed by atoms with van der Waals surface area (Å²) in [6.07, 6.45) is 0. The SMILES string of the molecule is Cc1ccc(C)c(OCc2c(C(=O)N3CCN(Cc4ccccc4)CC3)noc2C)c1. The minimum absolute atomic E-state index is 0.0872. The zero-order valence-electron chi connectivity index (χ0n) is 18.4. The molecular formula is C25H29N3O3. The Labute approximate surface area is 183 Å². The number of ether oxygens (including phenoxy) is 1. The van der Waals surface area contributed by atoms with E-state index in [0.717, 1.165) is 42.1 Å². The van der Waals surface area contributed by atoms with Gasteiger partial charge >= 0.3 is 0 Å². The van der Waals surface area contributed by atoms with Crippen LogP contribution in [0.25, 0.3) is 0 Å². The molecule has 1 aromatic heterocycles. The molecule has 6 nitrogen and oxygen atoms in total. The van der Waals surface area contributed by atoms with Crippen LogP contribution in [-0.4, -0.2) is 47.0 Å². The van der Waals surface area contributed by atoms with Gasteiger partial charge in [0, 0.05) is 32.7 Å². The molecule has 1 saturated heterocycles. The lowest BCUT2D eigenvalue weighted by Crippen LogP contribution is -2.48. The van der Waals surface area contributed by atoms with Gasteiger partial charge in [-0.3, -0.25) is 9.69 Å². The number of carbonyl (C=O) groups excluding carboxylic acids is 1. The third-order valence-corrected chi connectivity index (χ3v) is 5.81. The average molecular weight is 420 g/mol. The van der Waals surface area contributed by atoms with Crippen LogP contribution in [0.1, 0.15) is 38.5 Å². The van der Waals surface area contributed by atoms with E-state index in [2.05, 4.69) is 40.4 Å². The van der Waals surface area contributed by atoms with E-state index in [1.165, 1.54) is 5.56 Å². The molecular weight excluding hydrogens is 390 g/mol. The van der Waals surface area contributed by atoms with Crippen LogP contribution >= 0.6 is 0 Å². The summed E-state index contributed by atoms with van der Waals surface area (Å²) in [5.41, 5.74) is 4.56. The Morgan fingerprint density at radius 3 is 2.52 bits per heavy atom. The topological polar surface area (TPSA) is 58.8 Å². The molecule has 0 unspecified atom stereocenters. The van der Waals surface area contributed by atoms with E-state index in [9.17, 15) is 4.79 Å². The molecule has 0 bridgehead atoms. The van der Waals surface area contributed by atoms with Crippen molar-refractivity contribution in [3.8, 4) is 5.75 Å². The Morgan fingerprint density at radius 1 is 1.03 bits per heavy atom. The van der Waals surface area contributed by atoms with Crippen LogP contribution in [0.4, 0.5) is 0 Å². The highest BCUT2D eigenvalue weighted by molar-refractivity contribution is 5.93. The minimum Gasteiger partial charge on any atom is -0.488 e. The van der Waals surface area contributed by atoms with E-state index in [1.54, 1.807) is 0 Å². The second-order valence-corrected chi connectivity index (χ2v) is 8.18.